The highest BCUT2D eigenvalue weighted by Gasteiger charge is 2.17. The second-order valence-corrected chi connectivity index (χ2v) is 11.0. The van der Waals surface area contributed by atoms with Gasteiger partial charge < -0.3 is 5.32 Å². The first-order valence-electron chi connectivity index (χ1n) is 11.0. The fraction of sp³-hybridized carbons (Fsp3) is 0.269. The van der Waals surface area contributed by atoms with Gasteiger partial charge in [0.15, 0.2) is 9.84 Å². The van der Waals surface area contributed by atoms with Crippen LogP contribution >= 0.6 is 11.6 Å². The van der Waals surface area contributed by atoms with Crippen molar-refractivity contribution in [1.82, 2.24) is 4.90 Å². The summed E-state index contributed by atoms with van der Waals surface area (Å²) < 4.78 is 23.8. The third kappa shape index (κ3) is 5.82. The zero-order chi connectivity index (χ0) is 23.4. The van der Waals surface area contributed by atoms with Crippen molar-refractivity contribution in [2.75, 3.05) is 17.6 Å². The van der Waals surface area contributed by atoms with E-state index in [1.807, 2.05) is 12.1 Å². The topological polar surface area (TPSA) is 66.5 Å². The Balaban J connectivity index is 1.35. The molecule has 7 heteroatoms. The number of nitrogens with one attached hydrogen (secondary N) is 1. The van der Waals surface area contributed by atoms with E-state index >= 15 is 0 Å². The summed E-state index contributed by atoms with van der Waals surface area (Å²) in [5.41, 5.74) is 5.20. The van der Waals surface area contributed by atoms with Gasteiger partial charge in [-0.1, -0.05) is 61.0 Å². The first-order valence-corrected chi connectivity index (χ1v) is 13.1. The summed E-state index contributed by atoms with van der Waals surface area (Å²) in [5.74, 6) is -0.133. The maximum Gasteiger partial charge on any atom is 0.228 e. The maximum atomic E-state index is 12.5. The summed E-state index contributed by atoms with van der Waals surface area (Å²) in [6.45, 7) is 4.26. The van der Waals surface area contributed by atoms with E-state index in [9.17, 15) is 13.2 Å². The second-order valence-electron chi connectivity index (χ2n) is 8.31. The maximum absolute atomic E-state index is 12.5. The number of nitrogens with zero attached hydrogens (tertiary/aromatic N) is 1. The fourth-order valence-electron chi connectivity index (χ4n) is 4.06. The molecule has 3 aromatic carbocycles. The highest BCUT2D eigenvalue weighted by Crippen LogP contribution is 2.26. The molecule has 0 unspecified atom stereocenters. The quantitative estimate of drug-likeness (QED) is 0.521. The second kappa shape index (κ2) is 10.1. The molecule has 4 rings (SSSR count). The number of carbonyl (C=O) groups is 1. The molecule has 0 aromatic heterocycles. The molecule has 0 radical (unpaired) electrons. The molecular weight excluding hydrogens is 456 g/mol. The predicted molar refractivity (Wildman–Crippen MR) is 132 cm³/mol. The molecule has 0 atom stereocenters. The van der Waals surface area contributed by atoms with Crippen LogP contribution in [0.2, 0.25) is 5.02 Å². The Kier molecular flexibility index (Phi) is 7.17. The Morgan fingerprint density at radius 2 is 1.76 bits per heavy atom. The van der Waals surface area contributed by atoms with Crippen LogP contribution in [0.15, 0.2) is 71.6 Å². The first-order chi connectivity index (χ1) is 15.8. The molecule has 33 heavy (non-hydrogen) atoms. The van der Waals surface area contributed by atoms with E-state index in [1.165, 1.54) is 11.1 Å². The molecule has 172 valence electrons. The summed E-state index contributed by atoms with van der Waals surface area (Å²) in [4.78, 5) is 15.1. The summed E-state index contributed by atoms with van der Waals surface area (Å²) >= 11 is 6.53. The van der Waals surface area contributed by atoms with E-state index in [0.717, 1.165) is 37.2 Å². The number of fused-ring (bicyclic) bond motifs is 1. The van der Waals surface area contributed by atoms with E-state index in [2.05, 4.69) is 34.5 Å². The molecule has 0 saturated carbocycles. The number of anilines is 1. The zero-order valence-corrected chi connectivity index (χ0v) is 20.1. The molecular formula is C26H27ClN2O3S. The molecule has 5 nitrogen and oxygen atoms in total. The molecule has 0 aliphatic carbocycles. The van der Waals surface area contributed by atoms with Crippen molar-refractivity contribution in [2.45, 2.75) is 37.8 Å². The summed E-state index contributed by atoms with van der Waals surface area (Å²) in [7, 11) is -3.25. The molecule has 3 aromatic rings. The van der Waals surface area contributed by atoms with Crippen LogP contribution in [-0.4, -0.2) is 31.5 Å². The Bertz CT molecular complexity index is 1260. The van der Waals surface area contributed by atoms with Crippen molar-refractivity contribution >= 4 is 33.0 Å². The molecule has 1 aliphatic rings. The average Bonchev–Trinajstić information content (AvgIpc) is 2.81. The van der Waals surface area contributed by atoms with Crippen molar-refractivity contribution in [3.63, 3.8) is 0 Å². The van der Waals surface area contributed by atoms with Crippen LogP contribution in [0.25, 0.3) is 0 Å². The lowest BCUT2D eigenvalue weighted by Crippen LogP contribution is -2.30. The third-order valence-corrected chi connectivity index (χ3v) is 8.07. The number of halogens is 1. The third-order valence-electron chi connectivity index (χ3n) is 5.97. The molecule has 1 heterocycles. The van der Waals surface area contributed by atoms with Crippen LogP contribution < -0.4 is 5.32 Å². The SMILES string of the molecule is CCS(=O)(=O)c1ccc(CC(=O)Nc2ccc(CN3CCc4ccccc4C3)c(Cl)c2)cc1. The largest absolute Gasteiger partial charge is 0.326 e. The molecule has 0 saturated heterocycles. The number of hydrogen-bond acceptors (Lipinski definition) is 4. The lowest BCUT2D eigenvalue weighted by molar-refractivity contribution is -0.115. The Morgan fingerprint density at radius 1 is 1.03 bits per heavy atom. The molecule has 0 spiro atoms. The van der Waals surface area contributed by atoms with E-state index in [0.29, 0.717) is 10.7 Å². The molecule has 0 fully saturated rings. The lowest BCUT2D eigenvalue weighted by atomic mass is 9.99. The highest BCUT2D eigenvalue weighted by molar-refractivity contribution is 7.91. The molecule has 1 N–H and O–H groups in total. The highest BCUT2D eigenvalue weighted by atomic mass is 35.5. The zero-order valence-electron chi connectivity index (χ0n) is 18.6. The number of amides is 1. The lowest BCUT2D eigenvalue weighted by Gasteiger charge is -2.29. The van der Waals surface area contributed by atoms with Crippen LogP contribution in [0.1, 0.15) is 29.2 Å². The Morgan fingerprint density at radius 3 is 2.45 bits per heavy atom. The summed E-state index contributed by atoms with van der Waals surface area (Å²) in [6, 6.07) is 20.6. The van der Waals surface area contributed by atoms with Crippen LogP contribution in [-0.2, 0) is 40.6 Å². The van der Waals surface area contributed by atoms with Gasteiger partial charge in [-0.3, -0.25) is 9.69 Å². The average molecular weight is 483 g/mol. The van der Waals surface area contributed by atoms with E-state index in [1.54, 1.807) is 37.3 Å². The van der Waals surface area contributed by atoms with Crippen LogP contribution in [0.4, 0.5) is 5.69 Å². The monoisotopic (exact) mass is 482 g/mol. The van der Waals surface area contributed by atoms with Gasteiger partial charge in [-0.2, -0.15) is 0 Å². The van der Waals surface area contributed by atoms with E-state index < -0.39 is 9.84 Å². The van der Waals surface area contributed by atoms with Gasteiger partial charge in [0.25, 0.3) is 0 Å². The van der Waals surface area contributed by atoms with Gasteiger partial charge in [-0.25, -0.2) is 8.42 Å². The van der Waals surface area contributed by atoms with E-state index in [-0.39, 0.29) is 23.0 Å². The minimum absolute atomic E-state index is 0.0502. The van der Waals surface area contributed by atoms with Crippen molar-refractivity contribution in [3.8, 4) is 0 Å². The van der Waals surface area contributed by atoms with Crippen molar-refractivity contribution in [3.05, 3.63) is 94.0 Å². The Labute approximate surface area is 200 Å². The van der Waals surface area contributed by atoms with Crippen LogP contribution in [0.3, 0.4) is 0 Å². The fourth-order valence-corrected chi connectivity index (χ4v) is 5.18. The summed E-state index contributed by atoms with van der Waals surface area (Å²) in [6.07, 6.45) is 1.19. The number of benzene rings is 3. The van der Waals surface area contributed by atoms with Gasteiger partial charge in [0, 0.05) is 30.3 Å². The van der Waals surface area contributed by atoms with Gasteiger partial charge in [0.05, 0.1) is 17.1 Å². The van der Waals surface area contributed by atoms with Gasteiger partial charge in [-0.15, -0.1) is 0 Å². The molecule has 1 amide bonds. The van der Waals surface area contributed by atoms with Crippen LogP contribution in [0, 0.1) is 0 Å². The van der Waals surface area contributed by atoms with E-state index in [4.69, 9.17) is 11.6 Å². The van der Waals surface area contributed by atoms with Crippen molar-refractivity contribution in [2.24, 2.45) is 0 Å². The number of carbonyl (C=O) groups excluding carboxylic acids is 1. The van der Waals surface area contributed by atoms with Gasteiger partial charge in [-0.05, 0) is 52.9 Å². The number of rotatable bonds is 7. The van der Waals surface area contributed by atoms with Crippen LogP contribution in [0.5, 0.6) is 0 Å². The molecule has 0 bridgehead atoms. The minimum Gasteiger partial charge on any atom is -0.326 e. The summed E-state index contributed by atoms with van der Waals surface area (Å²) in [5, 5.41) is 3.50. The number of hydrogen-bond donors (Lipinski definition) is 1. The first kappa shape index (κ1) is 23.5. The van der Waals surface area contributed by atoms with Gasteiger partial charge >= 0.3 is 0 Å². The van der Waals surface area contributed by atoms with Gasteiger partial charge in [0.1, 0.15) is 0 Å². The van der Waals surface area contributed by atoms with Crippen molar-refractivity contribution < 1.29 is 13.2 Å². The normalized spacial score (nSPS) is 14.0. The minimum atomic E-state index is -3.25. The Hall–Kier alpha value is -2.67. The predicted octanol–water partition coefficient (Wildman–Crippen LogP) is 4.87. The molecule has 1 aliphatic heterocycles. The van der Waals surface area contributed by atoms with Crippen molar-refractivity contribution in [1.29, 1.82) is 0 Å². The standard InChI is InChI=1S/C26H27ClN2O3S/c1-2-33(31,32)24-11-7-19(8-12-24)15-26(30)28-23-10-9-22(25(27)16-23)18-29-14-13-20-5-3-4-6-21(20)17-29/h3-12,16H,2,13-15,17-18H2,1H3,(H,28,30). The smallest absolute Gasteiger partial charge is 0.228 e. The van der Waals surface area contributed by atoms with Gasteiger partial charge in [0.2, 0.25) is 5.91 Å². The number of sulfone groups is 1.